The predicted molar refractivity (Wildman–Crippen MR) is 85.9 cm³/mol. The summed E-state index contributed by atoms with van der Waals surface area (Å²) in [5.41, 5.74) is 0. The minimum atomic E-state index is -2.84. The van der Waals surface area contributed by atoms with Gasteiger partial charge in [-0.1, -0.05) is 0 Å². The van der Waals surface area contributed by atoms with E-state index in [1.54, 1.807) is 7.11 Å². The molecule has 2 unspecified atom stereocenters. The van der Waals surface area contributed by atoms with Crippen molar-refractivity contribution in [1.29, 1.82) is 0 Å². The van der Waals surface area contributed by atoms with Gasteiger partial charge in [0, 0.05) is 33.3 Å². The third-order valence-electron chi connectivity index (χ3n) is 3.95. The number of nitrogens with one attached hydrogen (secondary N) is 1. The Morgan fingerprint density at radius 2 is 2.32 bits per heavy atom. The zero-order valence-corrected chi connectivity index (χ0v) is 14.3. The monoisotopic (exact) mass is 333 g/mol. The van der Waals surface area contributed by atoms with Crippen LogP contribution >= 0.6 is 0 Å². The third-order valence-corrected chi connectivity index (χ3v) is 5.79. The molecule has 0 amide bonds. The number of hydrogen-bond acceptors (Lipinski definition) is 5. The summed E-state index contributed by atoms with van der Waals surface area (Å²) in [5.74, 6) is 1.56. The first-order chi connectivity index (χ1) is 10.5. The molecule has 128 valence electrons. The van der Waals surface area contributed by atoms with Crippen molar-refractivity contribution in [3.05, 3.63) is 0 Å². The molecule has 0 radical (unpaired) electrons. The molecule has 2 rings (SSSR count). The Labute approximate surface area is 133 Å². The highest BCUT2D eigenvalue weighted by Gasteiger charge is 2.28. The molecule has 0 spiro atoms. The lowest BCUT2D eigenvalue weighted by Crippen LogP contribution is -2.51. The van der Waals surface area contributed by atoms with Crippen LogP contribution in [0, 0.1) is 5.92 Å². The number of rotatable bonds is 5. The molecule has 2 aliphatic heterocycles. The van der Waals surface area contributed by atoms with Gasteiger partial charge in [-0.2, -0.15) is 0 Å². The smallest absolute Gasteiger partial charge is 0.194 e. The summed E-state index contributed by atoms with van der Waals surface area (Å²) in [5, 5.41) is 3.29. The zero-order valence-electron chi connectivity index (χ0n) is 13.5. The fourth-order valence-corrected chi connectivity index (χ4v) is 4.71. The Bertz CT molecular complexity index is 478. The molecule has 8 heteroatoms. The maximum Gasteiger partial charge on any atom is 0.194 e. The topological polar surface area (TPSA) is 80.2 Å². The van der Waals surface area contributed by atoms with Crippen molar-refractivity contribution in [2.75, 3.05) is 58.0 Å². The summed E-state index contributed by atoms with van der Waals surface area (Å²) in [7, 11) is -1.17. The van der Waals surface area contributed by atoms with E-state index < -0.39 is 9.84 Å². The average molecular weight is 333 g/mol. The highest BCUT2D eigenvalue weighted by molar-refractivity contribution is 7.91. The molecule has 22 heavy (non-hydrogen) atoms. The lowest BCUT2D eigenvalue weighted by atomic mass is 10.1. The lowest BCUT2D eigenvalue weighted by Gasteiger charge is -2.35. The van der Waals surface area contributed by atoms with Crippen LogP contribution in [0.3, 0.4) is 0 Å². The van der Waals surface area contributed by atoms with Gasteiger partial charge in [-0.05, 0) is 19.3 Å². The molecule has 7 nitrogen and oxygen atoms in total. The van der Waals surface area contributed by atoms with Gasteiger partial charge in [0.05, 0.1) is 30.8 Å². The van der Waals surface area contributed by atoms with Crippen LogP contribution in [0.2, 0.25) is 0 Å². The van der Waals surface area contributed by atoms with E-state index in [0.29, 0.717) is 25.5 Å². The van der Waals surface area contributed by atoms with Crippen molar-refractivity contribution >= 4 is 15.8 Å². The number of aliphatic imine (C=N–C) groups is 1. The van der Waals surface area contributed by atoms with Crippen LogP contribution in [0.25, 0.3) is 0 Å². The van der Waals surface area contributed by atoms with Crippen molar-refractivity contribution in [3.8, 4) is 0 Å². The fourth-order valence-electron chi connectivity index (χ4n) is 2.86. The molecule has 0 aromatic heterocycles. The largest absolute Gasteiger partial charge is 0.382 e. The molecule has 0 saturated carbocycles. The van der Waals surface area contributed by atoms with Crippen LogP contribution in [-0.4, -0.2) is 83.4 Å². The van der Waals surface area contributed by atoms with Crippen LogP contribution in [0.15, 0.2) is 4.99 Å². The molecule has 2 atom stereocenters. The number of sulfone groups is 1. The third kappa shape index (κ3) is 5.10. The van der Waals surface area contributed by atoms with E-state index in [2.05, 4.69) is 15.2 Å². The van der Waals surface area contributed by atoms with E-state index in [-0.39, 0.29) is 17.8 Å². The van der Waals surface area contributed by atoms with E-state index in [0.717, 1.165) is 32.0 Å². The van der Waals surface area contributed by atoms with Gasteiger partial charge in [0.1, 0.15) is 0 Å². The fraction of sp³-hybridized carbons (Fsp3) is 0.929. The van der Waals surface area contributed by atoms with E-state index in [1.165, 1.54) is 0 Å². The molecule has 0 aromatic carbocycles. The molecular formula is C14H27N3O4S. The van der Waals surface area contributed by atoms with Crippen molar-refractivity contribution in [1.82, 2.24) is 10.2 Å². The van der Waals surface area contributed by atoms with Gasteiger partial charge in [-0.3, -0.25) is 4.99 Å². The van der Waals surface area contributed by atoms with Gasteiger partial charge >= 0.3 is 0 Å². The summed E-state index contributed by atoms with van der Waals surface area (Å²) >= 11 is 0. The minimum absolute atomic E-state index is 0.0504. The molecule has 2 heterocycles. The van der Waals surface area contributed by atoms with E-state index in [9.17, 15) is 8.42 Å². The maximum atomic E-state index is 11.5. The van der Waals surface area contributed by atoms with Gasteiger partial charge in [0.2, 0.25) is 0 Å². The summed E-state index contributed by atoms with van der Waals surface area (Å²) < 4.78 is 33.9. The second-order valence-corrected chi connectivity index (χ2v) is 8.09. The van der Waals surface area contributed by atoms with Gasteiger partial charge in [-0.15, -0.1) is 0 Å². The summed E-state index contributed by atoms with van der Waals surface area (Å²) in [6.07, 6.45) is 0.773. The molecule has 0 bridgehead atoms. The molecule has 0 aromatic rings. The highest BCUT2D eigenvalue weighted by atomic mass is 32.2. The van der Waals surface area contributed by atoms with Gasteiger partial charge in [0.15, 0.2) is 15.8 Å². The highest BCUT2D eigenvalue weighted by Crippen LogP contribution is 2.18. The number of nitrogens with zero attached hydrogens (tertiary/aromatic N) is 2. The number of ether oxygens (including phenoxy) is 2. The standard InChI is InChI=1S/C14H27N3O4S/c1-3-15-14(16-8-12-4-7-22(18,19)11-12)17-5-6-21-13(9-17)10-20-2/h12-13H,3-11H2,1-2H3,(H,15,16). The SMILES string of the molecule is CCNC(=NCC1CCS(=O)(=O)C1)N1CCOC(COC)C1. The average Bonchev–Trinajstić information content (AvgIpc) is 2.83. The van der Waals surface area contributed by atoms with Crippen LogP contribution in [-0.2, 0) is 19.3 Å². The van der Waals surface area contributed by atoms with Gasteiger partial charge in [-0.25, -0.2) is 8.42 Å². The summed E-state index contributed by atoms with van der Waals surface area (Å²) in [6, 6.07) is 0. The van der Waals surface area contributed by atoms with Crippen LogP contribution in [0.4, 0.5) is 0 Å². The van der Waals surface area contributed by atoms with Crippen molar-refractivity contribution in [2.24, 2.45) is 10.9 Å². The Kier molecular flexibility index (Phi) is 6.46. The molecular weight excluding hydrogens is 306 g/mol. The summed E-state index contributed by atoms with van der Waals surface area (Å²) in [4.78, 5) is 6.82. The number of morpholine rings is 1. The van der Waals surface area contributed by atoms with Crippen LogP contribution in [0.1, 0.15) is 13.3 Å². The number of hydrogen-bond donors (Lipinski definition) is 1. The van der Waals surface area contributed by atoms with E-state index in [1.807, 2.05) is 6.92 Å². The summed E-state index contributed by atoms with van der Waals surface area (Å²) in [6.45, 7) is 6.12. The molecule has 2 fully saturated rings. The normalized spacial score (nSPS) is 28.8. The molecule has 2 aliphatic rings. The Hall–Kier alpha value is -0.860. The Morgan fingerprint density at radius 1 is 1.50 bits per heavy atom. The first kappa shape index (κ1) is 17.5. The van der Waals surface area contributed by atoms with Crippen LogP contribution < -0.4 is 5.32 Å². The van der Waals surface area contributed by atoms with Crippen molar-refractivity contribution in [2.45, 2.75) is 19.4 Å². The lowest BCUT2D eigenvalue weighted by molar-refractivity contribution is -0.0447. The molecule has 0 aliphatic carbocycles. The first-order valence-electron chi connectivity index (χ1n) is 7.88. The number of guanidine groups is 1. The number of methoxy groups -OCH3 is 1. The molecule has 1 N–H and O–H groups in total. The second-order valence-electron chi connectivity index (χ2n) is 5.86. The zero-order chi connectivity index (χ0) is 16.0. The quantitative estimate of drug-likeness (QED) is 0.551. The first-order valence-corrected chi connectivity index (χ1v) is 9.70. The Morgan fingerprint density at radius 3 is 2.95 bits per heavy atom. The molecule has 2 saturated heterocycles. The van der Waals surface area contributed by atoms with Gasteiger partial charge in [0.25, 0.3) is 0 Å². The minimum Gasteiger partial charge on any atom is -0.382 e. The predicted octanol–water partition coefficient (Wildman–Crippen LogP) is -0.266. The van der Waals surface area contributed by atoms with Crippen molar-refractivity contribution in [3.63, 3.8) is 0 Å². The van der Waals surface area contributed by atoms with Crippen LogP contribution in [0.5, 0.6) is 0 Å². The second kappa shape index (κ2) is 8.12. The Balaban J connectivity index is 1.94. The maximum absolute atomic E-state index is 11.5. The van der Waals surface area contributed by atoms with Gasteiger partial charge < -0.3 is 19.7 Å². The van der Waals surface area contributed by atoms with Crippen molar-refractivity contribution < 1.29 is 17.9 Å². The van der Waals surface area contributed by atoms with E-state index >= 15 is 0 Å². The van der Waals surface area contributed by atoms with E-state index in [4.69, 9.17) is 9.47 Å².